The van der Waals surface area contributed by atoms with Gasteiger partial charge in [0.25, 0.3) is 5.91 Å². The molecule has 182 valence electrons. The first-order valence-electron chi connectivity index (χ1n) is 9.85. The van der Waals surface area contributed by atoms with E-state index in [-0.39, 0.29) is 24.4 Å². The highest BCUT2D eigenvalue weighted by molar-refractivity contribution is 6.04. The van der Waals surface area contributed by atoms with Crippen molar-refractivity contribution < 1.29 is 51.6 Å². The number of alkyl halides is 2. The molecule has 0 radical (unpaired) electrons. The molecular formula is C21H25F2NO9. The number of hydrogen-bond acceptors (Lipinski definition) is 9. The van der Waals surface area contributed by atoms with Gasteiger partial charge in [0.05, 0.1) is 19.4 Å². The molecule has 0 N–H and O–H groups in total. The lowest BCUT2D eigenvalue weighted by atomic mass is 10.1. The normalized spacial score (nSPS) is 17.4. The fourth-order valence-electron chi connectivity index (χ4n) is 3.06. The molecule has 1 aromatic rings. The van der Waals surface area contributed by atoms with Crippen LogP contribution in [0.15, 0.2) is 18.2 Å². The summed E-state index contributed by atoms with van der Waals surface area (Å²) in [5.41, 5.74) is -1.47. The highest BCUT2D eigenvalue weighted by atomic mass is 19.3. The van der Waals surface area contributed by atoms with Crippen LogP contribution in [0.25, 0.3) is 0 Å². The van der Waals surface area contributed by atoms with E-state index in [0.717, 1.165) is 18.9 Å². The third kappa shape index (κ3) is 6.60. The van der Waals surface area contributed by atoms with Crippen LogP contribution >= 0.6 is 0 Å². The van der Waals surface area contributed by atoms with Gasteiger partial charge in [-0.3, -0.25) is 9.59 Å². The van der Waals surface area contributed by atoms with Gasteiger partial charge in [-0.25, -0.2) is 9.59 Å². The molecule has 0 aliphatic carbocycles. The molecule has 0 saturated carbocycles. The van der Waals surface area contributed by atoms with Gasteiger partial charge in [-0.1, -0.05) is 6.07 Å². The summed E-state index contributed by atoms with van der Waals surface area (Å²) >= 11 is 0. The molecule has 0 spiro atoms. The smallest absolute Gasteiger partial charge is 0.387 e. The van der Waals surface area contributed by atoms with Crippen LogP contribution in [0.5, 0.6) is 5.75 Å². The predicted octanol–water partition coefficient (Wildman–Crippen LogP) is 2.08. The number of morpholine rings is 1. The maximum Gasteiger partial charge on any atom is 0.387 e. The van der Waals surface area contributed by atoms with E-state index in [4.69, 9.17) is 14.2 Å². The summed E-state index contributed by atoms with van der Waals surface area (Å²) in [5, 5.41) is 0. The third-order valence-electron chi connectivity index (χ3n) is 4.23. The van der Waals surface area contributed by atoms with Crippen LogP contribution in [0.4, 0.5) is 14.5 Å². The Morgan fingerprint density at radius 2 is 1.88 bits per heavy atom. The first-order chi connectivity index (χ1) is 15.4. The summed E-state index contributed by atoms with van der Waals surface area (Å²) in [4.78, 5) is 50.5. The molecule has 1 amide bonds. The number of benzene rings is 1. The predicted molar refractivity (Wildman–Crippen MR) is 108 cm³/mol. The second kappa shape index (κ2) is 10.6. The number of hydrogen-bond donors (Lipinski definition) is 0. The summed E-state index contributed by atoms with van der Waals surface area (Å²) in [6, 6.07) is 3.81. The maximum absolute atomic E-state index is 13.3. The topological polar surface area (TPSA) is 118 Å². The Hall–Kier alpha value is -3.28. The Morgan fingerprint density at radius 3 is 2.42 bits per heavy atom. The van der Waals surface area contributed by atoms with Gasteiger partial charge in [0.1, 0.15) is 11.2 Å². The van der Waals surface area contributed by atoms with E-state index in [1.54, 1.807) is 20.8 Å². The van der Waals surface area contributed by atoms with E-state index in [2.05, 4.69) is 9.47 Å². The van der Waals surface area contributed by atoms with Crippen LogP contribution in [0.3, 0.4) is 0 Å². The van der Waals surface area contributed by atoms with E-state index in [0.29, 0.717) is 0 Å². The molecule has 2 rings (SSSR count). The van der Waals surface area contributed by atoms with Crippen LogP contribution in [-0.2, 0) is 33.3 Å². The molecule has 12 heteroatoms. The molecule has 0 bridgehead atoms. The van der Waals surface area contributed by atoms with Crippen molar-refractivity contribution in [3.8, 4) is 5.75 Å². The molecule has 1 aliphatic rings. The lowest BCUT2D eigenvalue weighted by molar-refractivity contribution is -0.188. The van der Waals surface area contributed by atoms with Crippen molar-refractivity contribution in [2.45, 2.75) is 52.1 Å². The number of halogens is 2. The number of carbonyl (C=O) groups excluding carboxylic acids is 4. The number of rotatable bonds is 7. The van der Waals surface area contributed by atoms with E-state index in [9.17, 15) is 28.0 Å². The third-order valence-corrected chi connectivity index (χ3v) is 4.23. The Labute approximate surface area is 188 Å². The number of anilines is 1. The Morgan fingerprint density at radius 1 is 1.21 bits per heavy atom. The molecular weight excluding hydrogens is 448 g/mol. The van der Waals surface area contributed by atoms with Crippen molar-refractivity contribution in [3.05, 3.63) is 23.8 Å². The van der Waals surface area contributed by atoms with Gasteiger partial charge < -0.3 is 28.6 Å². The average molecular weight is 473 g/mol. The minimum atomic E-state index is -3.31. The number of amides is 1. The molecule has 10 nitrogen and oxygen atoms in total. The molecule has 2 unspecified atom stereocenters. The lowest BCUT2D eigenvalue weighted by Gasteiger charge is -2.36. The lowest BCUT2D eigenvalue weighted by Crippen LogP contribution is -2.56. The van der Waals surface area contributed by atoms with E-state index < -0.39 is 54.0 Å². The monoisotopic (exact) mass is 473 g/mol. The van der Waals surface area contributed by atoms with Gasteiger partial charge in [0.2, 0.25) is 6.10 Å². The van der Waals surface area contributed by atoms with Crippen molar-refractivity contribution >= 4 is 29.5 Å². The van der Waals surface area contributed by atoms with Crippen LogP contribution in [0.1, 0.15) is 38.1 Å². The number of nitrogens with zero attached hydrogens (tertiary/aromatic N) is 1. The van der Waals surface area contributed by atoms with Crippen molar-refractivity contribution in [1.29, 1.82) is 0 Å². The Bertz CT molecular complexity index is 913. The van der Waals surface area contributed by atoms with Crippen molar-refractivity contribution in [3.63, 3.8) is 0 Å². The zero-order valence-electron chi connectivity index (χ0n) is 18.8. The number of ether oxygens (including phenoxy) is 5. The van der Waals surface area contributed by atoms with Gasteiger partial charge in [-0.15, -0.1) is 0 Å². The quantitative estimate of drug-likeness (QED) is 0.433. The largest absolute Gasteiger partial charge is 0.465 e. The highest BCUT2D eigenvalue weighted by Crippen LogP contribution is 2.36. The van der Waals surface area contributed by atoms with Gasteiger partial charge in [-0.05, 0) is 32.9 Å². The molecule has 2 atom stereocenters. The molecule has 33 heavy (non-hydrogen) atoms. The fraction of sp³-hybridized carbons (Fsp3) is 0.524. The summed E-state index contributed by atoms with van der Waals surface area (Å²) in [7, 11) is 1.06. The average Bonchev–Trinajstić information content (AvgIpc) is 2.70. The maximum atomic E-state index is 13.3. The van der Waals surface area contributed by atoms with Crippen LogP contribution in [0, 0.1) is 0 Å². The van der Waals surface area contributed by atoms with Crippen LogP contribution in [-0.4, -0.2) is 68.5 Å². The SMILES string of the molecule is COC(=O)c1cccc(N2CCOC(C(OC(C)=O)C(=O)OC(C)(C)C)C2=O)c1OC(F)F. The highest BCUT2D eigenvalue weighted by Gasteiger charge is 2.45. The van der Waals surface area contributed by atoms with E-state index in [1.165, 1.54) is 18.2 Å². The molecule has 1 aliphatic heterocycles. The number of esters is 3. The van der Waals surface area contributed by atoms with Gasteiger partial charge >= 0.3 is 24.5 Å². The zero-order valence-corrected chi connectivity index (χ0v) is 18.8. The summed E-state index contributed by atoms with van der Waals surface area (Å²) in [6.07, 6.45) is -3.38. The standard InChI is InChI=1S/C21H25F2NO9/c1-11(25)31-16(19(28)33-21(2,3)4)15-17(26)24(9-10-30-15)13-8-6-7-12(18(27)29-5)14(13)32-20(22)23/h6-8,15-16,20H,9-10H2,1-5H3. The summed E-state index contributed by atoms with van der Waals surface area (Å²) < 4.78 is 51.0. The van der Waals surface area contributed by atoms with Crippen LogP contribution < -0.4 is 9.64 Å². The van der Waals surface area contributed by atoms with E-state index >= 15 is 0 Å². The van der Waals surface area contributed by atoms with Gasteiger partial charge in [-0.2, -0.15) is 8.78 Å². The van der Waals surface area contributed by atoms with Crippen molar-refractivity contribution in [1.82, 2.24) is 0 Å². The zero-order chi connectivity index (χ0) is 24.9. The van der Waals surface area contributed by atoms with Crippen molar-refractivity contribution in [2.24, 2.45) is 0 Å². The Balaban J connectivity index is 2.48. The fourth-order valence-corrected chi connectivity index (χ4v) is 3.06. The molecule has 1 aromatic carbocycles. The van der Waals surface area contributed by atoms with Crippen molar-refractivity contribution in [2.75, 3.05) is 25.2 Å². The number of carbonyl (C=O) groups is 4. The van der Waals surface area contributed by atoms with Gasteiger partial charge in [0.15, 0.2) is 11.9 Å². The number of para-hydroxylation sites is 1. The first-order valence-corrected chi connectivity index (χ1v) is 9.85. The number of methoxy groups -OCH3 is 1. The Kier molecular flexibility index (Phi) is 8.31. The second-order valence-corrected chi connectivity index (χ2v) is 7.87. The minimum Gasteiger partial charge on any atom is -0.465 e. The second-order valence-electron chi connectivity index (χ2n) is 7.87. The summed E-state index contributed by atoms with van der Waals surface area (Å²) in [5.74, 6) is -4.33. The van der Waals surface area contributed by atoms with Crippen LogP contribution in [0.2, 0.25) is 0 Å². The molecule has 1 fully saturated rings. The van der Waals surface area contributed by atoms with E-state index in [1.807, 2.05) is 0 Å². The minimum absolute atomic E-state index is 0.124. The summed E-state index contributed by atoms with van der Waals surface area (Å²) in [6.45, 7) is 2.20. The van der Waals surface area contributed by atoms with Gasteiger partial charge in [0, 0.05) is 13.5 Å². The molecule has 1 heterocycles. The molecule has 0 aromatic heterocycles. The molecule has 1 saturated heterocycles. The first kappa shape index (κ1) is 26.0.